The zero-order valence-electron chi connectivity index (χ0n) is 7.82. The van der Waals surface area contributed by atoms with E-state index in [1.807, 2.05) is 12.3 Å². The van der Waals surface area contributed by atoms with E-state index in [9.17, 15) is 0 Å². The molecule has 0 unspecified atom stereocenters. The second-order valence-corrected chi connectivity index (χ2v) is 5.62. The predicted molar refractivity (Wildman–Crippen MR) is 60.9 cm³/mol. The van der Waals surface area contributed by atoms with E-state index in [-0.39, 0.29) is 0 Å². The van der Waals surface area contributed by atoms with Gasteiger partial charge in [0.1, 0.15) is 0 Å². The summed E-state index contributed by atoms with van der Waals surface area (Å²) in [6, 6.07) is 10.9. The van der Waals surface area contributed by atoms with Crippen molar-refractivity contribution < 1.29 is 0 Å². The van der Waals surface area contributed by atoms with Gasteiger partial charge in [0, 0.05) is 0 Å². The van der Waals surface area contributed by atoms with Crippen molar-refractivity contribution in [3.63, 3.8) is 0 Å². The molecule has 0 amide bonds. The van der Waals surface area contributed by atoms with Crippen LogP contribution in [0.5, 0.6) is 0 Å². The van der Waals surface area contributed by atoms with Crippen LogP contribution in [0.1, 0.15) is 5.56 Å². The minimum absolute atomic E-state index is 0.416. The van der Waals surface area contributed by atoms with Crippen LogP contribution in [0.2, 0.25) is 0 Å². The van der Waals surface area contributed by atoms with Crippen LogP contribution in [0.3, 0.4) is 0 Å². The molecule has 0 N–H and O–H groups in total. The molecule has 0 bridgehead atoms. The van der Waals surface area contributed by atoms with Gasteiger partial charge in [0.25, 0.3) is 0 Å². The fraction of sp³-hybridized carbons (Fsp3) is 0.0833. The van der Waals surface area contributed by atoms with Crippen molar-refractivity contribution in [2.24, 2.45) is 0 Å². The average molecular weight is 246 g/mol. The second kappa shape index (κ2) is 2.94. The summed E-state index contributed by atoms with van der Waals surface area (Å²) < 4.78 is 2.75. The molecule has 0 saturated carbocycles. The Kier molecular flexibility index (Phi) is 1.73. The molecule has 2 heteroatoms. The average Bonchev–Trinajstić information content (AvgIpc) is 2.56. The molecule has 1 aromatic carbocycles. The Morgan fingerprint density at radius 1 is 1.14 bits per heavy atom. The van der Waals surface area contributed by atoms with E-state index in [0.29, 0.717) is 14.5 Å². The molecule has 0 atom stereocenters. The monoisotopic (exact) mass is 247 g/mol. The number of hydrogen-bond acceptors (Lipinski definition) is 1. The number of aryl methyl sites for hydroxylation is 1. The Bertz CT molecular complexity index is 610. The summed E-state index contributed by atoms with van der Waals surface area (Å²) in [5.74, 6) is 0. The topological polar surface area (TPSA) is 12.9 Å². The fourth-order valence-electron chi connectivity index (χ4n) is 1.72. The Labute approximate surface area is 88.1 Å². The Morgan fingerprint density at radius 3 is 3.00 bits per heavy atom. The molecule has 0 fully saturated rings. The molecule has 2 heterocycles. The third-order valence-electron chi connectivity index (χ3n) is 2.40. The van der Waals surface area contributed by atoms with Crippen molar-refractivity contribution in [1.82, 2.24) is 4.98 Å². The van der Waals surface area contributed by atoms with E-state index in [0.717, 1.165) is 0 Å². The maximum absolute atomic E-state index is 4.43. The van der Waals surface area contributed by atoms with Crippen LogP contribution >= 0.6 is 0 Å². The number of aromatic nitrogens is 1. The number of rotatable bonds is 0. The third kappa shape index (κ3) is 1.12. The van der Waals surface area contributed by atoms with Crippen LogP contribution in [-0.4, -0.2) is 19.5 Å². The normalized spacial score (nSPS) is 11.2. The van der Waals surface area contributed by atoms with E-state index >= 15 is 0 Å². The fourth-order valence-corrected chi connectivity index (χ4v) is 3.87. The Hall–Kier alpha value is -1.11. The predicted octanol–water partition coefficient (Wildman–Crippen LogP) is 2.75. The van der Waals surface area contributed by atoms with E-state index in [1.165, 1.54) is 25.0 Å². The van der Waals surface area contributed by atoms with Crippen LogP contribution in [0.25, 0.3) is 19.4 Å². The first kappa shape index (κ1) is 8.22. The molecule has 3 aromatic rings. The molecule has 0 aliphatic carbocycles. The van der Waals surface area contributed by atoms with Gasteiger partial charge in [0.15, 0.2) is 0 Å². The van der Waals surface area contributed by atoms with Gasteiger partial charge in [-0.3, -0.25) is 0 Å². The van der Waals surface area contributed by atoms with Crippen molar-refractivity contribution >= 4 is 33.9 Å². The molecule has 1 nitrogen and oxygen atoms in total. The van der Waals surface area contributed by atoms with Crippen molar-refractivity contribution in [1.29, 1.82) is 0 Å². The van der Waals surface area contributed by atoms with E-state index < -0.39 is 0 Å². The zero-order chi connectivity index (χ0) is 9.54. The third-order valence-corrected chi connectivity index (χ3v) is 4.70. The van der Waals surface area contributed by atoms with Gasteiger partial charge in [-0.15, -0.1) is 0 Å². The minimum atomic E-state index is 0.416. The molecule has 14 heavy (non-hydrogen) atoms. The number of hydrogen-bond donors (Lipinski definition) is 0. The molecule has 0 saturated heterocycles. The van der Waals surface area contributed by atoms with Crippen molar-refractivity contribution in [3.05, 3.63) is 42.1 Å². The van der Waals surface area contributed by atoms with Crippen LogP contribution in [0.15, 0.2) is 36.5 Å². The zero-order valence-corrected chi connectivity index (χ0v) is 9.53. The van der Waals surface area contributed by atoms with Crippen LogP contribution < -0.4 is 0 Å². The molecule has 0 aliphatic heterocycles. The SMILES string of the molecule is Cc1ccc2[se]c3ncccc3c2c1. The van der Waals surface area contributed by atoms with E-state index in [2.05, 4.69) is 36.2 Å². The summed E-state index contributed by atoms with van der Waals surface area (Å²) in [5, 5.41) is 2.74. The molecule has 0 spiro atoms. The quantitative estimate of drug-likeness (QED) is 0.556. The van der Waals surface area contributed by atoms with E-state index in [4.69, 9.17) is 0 Å². The molecule has 3 rings (SSSR count). The first-order chi connectivity index (χ1) is 6.84. The number of nitrogens with zero attached hydrogens (tertiary/aromatic N) is 1. The molecule has 2 aromatic heterocycles. The molecule has 0 aliphatic rings. The first-order valence-corrected chi connectivity index (χ1v) is 6.30. The summed E-state index contributed by atoms with van der Waals surface area (Å²) in [6.45, 7) is 2.14. The Morgan fingerprint density at radius 2 is 2.07 bits per heavy atom. The van der Waals surface area contributed by atoms with Gasteiger partial charge in [-0.05, 0) is 0 Å². The van der Waals surface area contributed by atoms with Gasteiger partial charge in [-0.1, -0.05) is 0 Å². The van der Waals surface area contributed by atoms with Gasteiger partial charge in [0.2, 0.25) is 0 Å². The van der Waals surface area contributed by atoms with Gasteiger partial charge in [-0.2, -0.15) is 0 Å². The summed E-state index contributed by atoms with van der Waals surface area (Å²) in [4.78, 5) is 4.43. The van der Waals surface area contributed by atoms with Crippen molar-refractivity contribution in [2.75, 3.05) is 0 Å². The number of fused-ring (bicyclic) bond motifs is 3. The van der Waals surface area contributed by atoms with Gasteiger partial charge in [-0.25, -0.2) is 0 Å². The van der Waals surface area contributed by atoms with Crippen LogP contribution in [-0.2, 0) is 0 Å². The summed E-state index contributed by atoms with van der Waals surface area (Å²) in [6.07, 6.45) is 1.89. The molecule has 0 radical (unpaired) electrons. The van der Waals surface area contributed by atoms with Crippen LogP contribution in [0.4, 0.5) is 0 Å². The van der Waals surface area contributed by atoms with Crippen LogP contribution in [0, 0.1) is 6.92 Å². The van der Waals surface area contributed by atoms with Gasteiger partial charge >= 0.3 is 87.9 Å². The second-order valence-electron chi connectivity index (χ2n) is 3.46. The standard InChI is InChI=1S/C12H9NSe/c1-8-4-5-11-10(7-8)9-3-2-6-13-12(9)14-11/h2-7H,1H3. The summed E-state index contributed by atoms with van der Waals surface area (Å²) in [7, 11) is 0. The van der Waals surface area contributed by atoms with E-state index in [1.54, 1.807) is 0 Å². The van der Waals surface area contributed by atoms with Gasteiger partial charge < -0.3 is 0 Å². The number of pyridine rings is 1. The van der Waals surface area contributed by atoms with Crippen molar-refractivity contribution in [3.8, 4) is 0 Å². The number of benzene rings is 1. The first-order valence-electron chi connectivity index (χ1n) is 4.58. The van der Waals surface area contributed by atoms with Gasteiger partial charge in [0.05, 0.1) is 0 Å². The Balaban J connectivity index is 2.58. The molecular formula is C12H9NSe. The maximum atomic E-state index is 4.43. The summed E-state index contributed by atoms with van der Waals surface area (Å²) >= 11 is 0.416. The summed E-state index contributed by atoms with van der Waals surface area (Å²) in [5.41, 5.74) is 1.33. The van der Waals surface area contributed by atoms with Crippen molar-refractivity contribution in [2.45, 2.75) is 6.92 Å². The molecular weight excluding hydrogens is 237 g/mol. The molecule has 68 valence electrons.